The molecular formula is C22H25N3O4S3. The van der Waals surface area contributed by atoms with Crippen LogP contribution in [-0.4, -0.2) is 46.8 Å². The standard InChI is InChI=1S/C22H25N3O4S3/c1-14-13-31-21(23-14)24-19(26)7-5-4-6-10-25-20(27)18(32-22(25)30)12-15-8-9-16(28-2)17(11-15)29-3/h8-9,11-13H,4-7,10H2,1-3H3,(H,23,24,26)/b18-12-. The van der Waals surface area contributed by atoms with Crippen molar-refractivity contribution >= 4 is 62.7 Å². The number of unbranched alkanes of at least 4 members (excludes halogenated alkanes) is 2. The van der Waals surface area contributed by atoms with Gasteiger partial charge in [-0.2, -0.15) is 0 Å². The van der Waals surface area contributed by atoms with Crippen LogP contribution in [0.2, 0.25) is 0 Å². The number of methoxy groups -OCH3 is 2. The van der Waals surface area contributed by atoms with Crippen molar-refractivity contribution in [3.63, 3.8) is 0 Å². The Labute approximate surface area is 201 Å². The number of carbonyl (C=O) groups excluding carboxylic acids is 2. The number of hydrogen-bond acceptors (Lipinski definition) is 8. The number of aryl methyl sites for hydroxylation is 1. The lowest BCUT2D eigenvalue weighted by atomic mass is 10.1. The van der Waals surface area contributed by atoms with Gasteiger partial charge in [-0.3, -0.25) is 14.5 Å². The summed E-state index contributed by atoms with van der Waals surface area (Å²) in [5.41, 5.74) is 1.73. The first-order valence-electron chi connectivity index (χ1n) is 10.1. The van der Waals surface area contributed by atoms with Crippen molar-refractivity contribution < 1.29 is 19.1 Å². The molecule has 7 nitrogen and oxygen atoms in total. The molecule has 32 heavy (non-hydrogen) atoms. The summed E-state index contributed by atoms with van der Waals surface area (Å²) in [6, 6.07) is 5.49. The SMILES string of the molecule is COc1ccc(/C=C2\SC(=S)N(CCCCCC(=O)Nc3nc(C)cs3)C2=O)cc1OC. The Kier molecular flexibility index (Phi) is 8.66. The second-order valence-corrected chi connectivity index (χ2v) is 9.63. The van der Waals surface area contributed by atoms with E-state index in [0.717, 1.165) is 30.5 Å². The van der Waals surface area contributed by atoms with Gasteiger partial charge in [0.25, 0.3) is 5.91 Å². The van der Waals surface area contributed by atoms with Crippen LogP contribution >= 0.6 is 35.3 Å². The molecule has 0 spiro atoms. The predicted octanol–water partition coefficient (Wildman–Crippen LogP) is 4.87. The van der Waals surface area contributed by atoms with E-state index in [1.165, 1.54) is 23.1 Å². The zero-order valence-electron chi connectivity index (χ0n) is 18.2. The summed E-state index contributed by atoms with van der Waals surface area (Å²) in [6.45, 7) is 2.43. The molecule has 10 heteroatoms. The Morgan fingerprint density at radius 2 is 2.00 bits per heavy atom. The average molecular weight is 492 g/mol. The Balaban J connectivity index is 1.46. The first-order valence-corrected chi connectivity index (χ1v) is 12.2. The minimum atomic E-state index is -0.0910. The molecule has 0 saturated carbocycles. The normalized spacial score (nSPS) is 14.8. The van der Waals surface area contributed by atoms with Gasteiger partial charge in [-0.1, -0.05) is 36.5 Å². The van der Waals surface area contributed by atoms with Crippen molar-refractivity contribution in [3.05, 3.63) is 39.7 Å². The maximum absolute atomic E-state index is 12.8. The monoisotopic (exact) mass is 491 g/mol. The quantitative estimate of drug-likeness (QED) is 0.288. The van der Waals surface area contributed by atoms with E-state index in [1.807, 2.05) is 30.5 Å². The number of nitrogens with zero attached hydrogens (tertiary/aromatic N) is 2. The summed E-state index contributed by atoms with van der Waals surface area (Å²) in [6.07, 6.45) is 4.59. The molecule has 170 valence electrons. The Hall–Kier alpha value is -2.43. The van der Waals surface area contributed by atoms with Crippen LogP contribution in [0.15, 0.2) is 28.5 Å². The van der Waals surface area contributed by atoms with Crippen LogP contribution in [0.25, 0.3) is 6.08 Å². The third-order valence-corrected chi connectivity index (χ3v) is 6.98. The summed E-state index contributed by atoms with van der Waals surface area (Å²) in [7, 11) is 3.15. The molecule has 2 amide bonds. The number of nitrogens with one attached hydrogen (secondary N) is 1. The first kappa shape index (κ1) is 24.2. The molecule has 0 unspecified atom stereocenters. The predicted molar refractivity (Wildman–Crippen MR) is 133 cm³/mol. The van der Waals surface area contributed by atoms with E-state index in [4.69, 9.17) is 21.7 Å². The average Bonchev–Trinajstić information content (AvgIpc) is 3.30. The lowest BCUT2D eigenvalue weighted by Gasteiger charge is -2.14. The molecule has 0 radical (unpaired) electrons. The number of thiazole rings is 1. The minimum Gasteiger partial charge on any atom is -0.493 e. The molecule has 1 aliphatic heterocycles. The molecule has 0 bridgehead atoms. The molecule has 0 aliphatic carbocycles. The van der Waals surface area contributed by atoms with Gasteiger partial charge in [0.15, 0.2) is 16.6 Å². The van der Waals surface area contributed by atoms with Gasteiger partial charge in [-0.25, -0.2) is 4.98 Å². The van der Waals surface area contributed by atoms with Crippen molar-refractivity contribution in [1.82, 2.24) is 9.88 Å². The van der Waals surface area contributed by atoms with Crippen LogP contribution in [0.3, 0.4) is 0 Å². The van der Waals surface area contributed by atoms with E-state index < -0.39 is 0 Å². The number of thiocarbonyl (C=S) groups is 1. The van der Waals surface area contributed by atoms with Crippen LogP contribution in [0.4, 0.5) is 5.13 Å². The highest BCUT2D eigenvalue weighted by Crippen LogP contribution is 2.34. The van der Waals surface area contributed by atoms with E-state index in [1.54, 1.807) is 25.2 Å². The lowest BCUT2D eigenvalue weighted by molar-refractivity contribution is -0.122. The van der Waals surface area contributed by atoms with E-state index >= 15 is 0 Å². The molecule has 3 rings (SSSR count). The van der Waals surface area contributed by atoms with Gasteiger partial charge in [0.05, 0.1) is 24.8 Å². The number of thioether (sulfide) groups is 1. The smallest absolute Gasteiger partial charge is 0.266 e. The maximum atomic E-state index is 12.8. The number of aromatic nitrogens is 1. The number of rotatable bonds is 10. The molecule has 1 aromatic heterocycles. The van der Waals surface area contributed by atoms with Gasteiger partial charge < -0.3 is 14.8 Å². The fraction of sp³-hybridized carbons (Fsp3) is 0.364. The molecular weight excluding hydrogens is 466 g/mol. The Morgan fingerprint density at radius 3 is 2.69 bits per heavy atom. The molecule has 1 saturated heterocycles. The van der Waals surface area contributed by atoms with Gasteiger partial charge >= 0.3 is 0 Å². The number of anilines is 1. The number of hydrogen-bond donors (Lipinski definition) is 1. The lowest BCUT2D eigenvalue weighted by Crippen LogP contribution is -2.29. The van der Waals surface area contributed by atoms with E-state index in [2.05, 4.69) is 10.3 Å². The van der Waals surface area contributed by atoms with Crippen LogP contribution in [0.5, 0.6) is 11.5 Å². The molecule has 2 aromatic rings. The topological polar surface area (TPSA) is 80.8 Å². The summed E-state index contributed by atoms with van der Waals surface area (Å²) in [5, 5.41) is 5.34. The first-order chi connectivity index (χ1) is 15.4. The molecule has 1 aromatic carbocycles. The number of benzene rings is 1. The van der Waals surface area contributed by atoms with Crippen LogP contribution in [0, 0.1) is 6.92 Å². The van der Waals surface area contributed by atoms with Gasteiger partial charge in [0.1, 0.15) is 4.32 Å². The van der Waals surface area contributed by atoms with E-state index in [9.17, 15) is 9.59 Å². The van der Waals surface area contributed by atoms with E-state index in [-0.39, 0.29) is 11.8 Å². The Morgan fingerprint density at radius 1 is 1.22 bits per heavy atom. The fourth-order valence-corrected chi connectivity index (χ4v) is 5.13. The molecule has 1 fully saturated rings. The van der Waals surface area contributed by atoms with Crippen molar-refractivity contribution in [2.24, 2.45) is 0 Å². The third kappa shape index (κ3) is 6.30. The summed E-state index contributed by atoms with van der Waals surface area (Å²) in [4.78, 5) is 31.2. The number of ether oxygens (including phenoxy) is 2. The second kappa shape index (κ2) is 11.4. The van der Waals surface area contributed by atoms with Gasteiger partial charge in [0, 0.05) is 18.3 Å². The van der Waals surface area contributed by atoms with Crippen molar-refractivity contribution in [2.45, 2.75) is 32.6 Å². The highest BCUT2D eigenvalue weighted by atomic mass is 32.2. The van der Waals surface area contributed by atoms with Gasteiger partial charge in [-0.05, 0) is 43.5 Å². The Bertz CT molecular complexity index is 1040. The van der Waals surface area contributed by atoms with E-state index in [0.29, 0.717) is 38.8 Å². The minimum absolute atomic E-state index is 0.0391. The van der Waals surface area contributed by atoms with Crippen molar-refractivity contribution in [3.8, 4) is 11.5 Å². The van der Waals surface area contributed by atoms with Gasteiger partial charge in [0.2, 0.25) is 5.91 Å². The summed E-state index contributed by atoms with van der Waals surface area (Å²) < 4.78 is 11.1. The van der Waals surface area contributed by atoms with Crippen molar-refractivity contribution in [1.29, 1.82) is 0 Å². The largest absolute Gasteiger partial charge is 0.493 e. The number of carbonyl (C=O) groups is 2. The zero-order chi connectivity index (χ0) is 23.1. The van der Waals surface area contributed by atoms with Crippen LogP contribution in [-0.2, 0) is 9.59 Å². The number of amides is 2. The van der Waals surface area contributed by atoms with Crippen LogP contribution in [0.1, 0.15) is 36.9 Å². The van der Waals surface area contributed by atoms with Crippen LogP contribution < -0.4 is 14.8 Å². The third-order valence-electron chi connectivity index (χ3n) is 4.73. The molecule has 1 N–H and O–H groups in total. The molecule has 0 atom stereocenters. The maximum Gasteiger partial charge on any atom is 0.266 e. The molecule has 1 aliphatic rings. The molecule has 2 heterocycles. The fourth-order valence-electron chi connectivity index (χ4n) is 3.11. The van der Waals surface area contributed by atoms with Gasteiger partial charge in [-0.15, -0.1) is 11.3 Å². The highest BCUT2D eigenvalue weighted by Gasteiger charge is 2.31. The second-order valence-electron chi connectivity index (χ2n) is 7.10. The van der Waals surface area contributed by atoms with Crippen molar-refractivity contribution in [2.75, 3.05) is 26.1 Å². The summed E-state index contributed by atoms with van der Waals surface area (Å²) in [5.74, 6) is 1.10. The zero-order valence-corrected chi connectivity index (χ0v) is 20.6. The highest BCUT2D eigenvalue weighted by molar-refractivity contribution is 8.26. The summed E-state index contributed by atoms with van der Waals surface area (Å²) >= 11 is 8.13.